The van der Waals surface area contributed by atoms with Crippen LogP contribution >= 0.6 is 15.9 Å². The molecule has 0 heterocycles. The van der Waals surface area contributed by atoms with E-state index in [4.69, 9.17) is 5.26 Å². The molecule has 0 aromatic carbocycles. The molecule has 0 aliphatic carbocycles. The molecule has 0 atom stereocenters. The third-order valence-corrected chi connectivity index (χ3v) is 0.995. The summed E-state index contributed by atoms with van der Waals surface area (Å²) < 4.78 is 0.586. The van der Waals surface area contributed by atoms with Gasteiger partial charge in [-0.2, -0.15) is 5.26 Å². The van der Waals surface area contributed by atoms with Gasteiger partial charge in [0.1, 0.15) is 6.07 Å². The van der Waals surface area contributed by atoms with E-state index in [0.717, 1.165) is 0 Å². The first-order chi connectivity index (χ1) is 2.81. The zero-order chi connectivity index (χ0) is 4.99. The van der Waals surface area contributed by atoms with Crippen LogP contribution in [0.2, 0.25) is 0 Å². The first kappa shape index (κ1) is 5.71. The van der Waals surface area contributed by atoms with E-state index in [1.54, 1.807) is 13.0 Å². The summed E-state index contributed by atoms with van der Waals surface area (Å²) in [6.45, 7) is 1.80. The van der Waals surface area contributed by atoms with Crippen molar-refractivity contribution < 1.29 is 0 Å². The first-order valence-electron chi connectivity index (χ1n) is 1.53. The summed E-state index contributed by atoms with van der Waals surface area (Å²) >= 11 is 2.98. The SMILES string of the molecule is CC=C(Br)C#N. The predicted octanol–water partition coefficient (Wildman–Crippen LogP) is 1.81. The van der Waals surface area contributed by atoms with Crippen molar-refractivity contribution in [2.75, 3.05) is 0 Å². The molecule has 6 heavy (non-hydrogen) atoms. The number of hydrogen-bond donors (Lipinski definition) is 0. The van der Waals surface area contributed by atoms with Gasteiger partial charge in [-0.15, -0.1) is 0 Å². The van der Waals surface area contributed by atoms with Crippen LogP contribution in [0.5, 0.6) is 0 Å². The van der Waals surface area contributed by atoms with Crippen LogP contribution in [0.1, 0.15) is 6.92 Å². The Labute approximate surface area is 45.4 Å². The largest absolute Gasteiger partial charge is 0.192 e. The van der Waals surface area contributed by atoms with E-state index in [2.05, 4.69) is 15.9 Å². The van der Waals surface area contributed by atoms with Gasteiger partial charge in [0.15, 0.2) is 0 Å². The summed E-state index contributed by atoms with van der Waals surface area (Å²) in [6.07, 6.45) is 1.69. The van der Waals surface area contributed by atoms with Crippen molar-refractivity contribution in [1.82, 2.24) is 0 Å². The van der Waals surface area contributed by atoms with Crippen molar-refractivity contribution in [3.63, 3.8) is 0 Å². The lowest BCUT2D eigenvalue weighted by Crippen LogP contribution is -1.51. The molecular formula is C4H4BrN. The Morgan fingerprint density at radius 3 is 2.50 bits per heavy atom. The molecule has 0 spiro atoms. The van der Waals surface area contributed by atoms with Gasteiger partial charge >= 0.3 is 0 Å². The number of rotatable bonds is 0. The maximum Gasteiger partial charge on any atom is 0.106 e. The van der Waals surface area contributed by atoms with Crippen LogP contribution in [0.25, 0.3) is 0 Å². The van der Waals surface area contributed by atoms with Crippen LogP contribution < -0.4 is 0 Å². The third-order valence-electron chi connectivity index (χ3n) is 0.360. The number of allylic oxidation sites excluding steroid dienone is 2. The lowest BCUT2D eigenvalue weighted by molar-refractivity contribution is 1.52. The van der Waals surface area contributed by atoms with Crippen LogP contribution in [0.3, 0.4) is 0 Å². The van der Waals surface area contributed by atoms with Gasteiger partial charge in [-0.3, -0.25) is 0 Å². The van der Waals surface area contributed by atoms with Crippen LogP contribution in [-0.2, 0) is 0 Å². The maximum absolute atomic E-state index is 7.97. The van der Waals surface area contributed by atoms with Gasteiger partial charge in [0, 0.05) is 0 Å². The second-order valence-corrected chi connectivity index (χ2v) is 1.60. The molecule has 1 nitrogen and oxygen atoms in total. The van der Waals surface area contributed by atoms with Crippen molar-refractivity contribution in [3.05, 3.63) is 10.6 Å². The number of hydrogen-bond acceptors (Lipinski definition) is 1. The monoisotopic (exact) mass is 145 g/mol. The van der Waals surface area contributed by atoms with Crippen molar-refractivity contribution in [3.8, 4) is 6.07 Å². The van der Waals surface area contributed by atoms with E-state index in [0.29, 0.717) is 4.48 Å². The third kappa shape index (κ3) is 1.98. The minimum absolute atomic E-state index is 0.586. The zero-order valence-electron chi connectivity index (χ0n) is 3.40. The molecule has 0 aliphatic heterocycles. The van der Waals surface area contributed by atoms with Crippen LogP contribution in [0, 0.1) is 11.3 Å². The van der Waals surface area contributed by atoms with E-state index < -0.39 is 0 Å². The number of nitrogens with zero attached hydrogens (tertiary/aromatic N) is 1. The second kappa shape index (κ2) is 2.92. The van der Waals surface area contributed by atoms with Crippen LogP contribution in [0.15, 0.2) is 10.6 Å². The van der Waals surface area contributed by atoms with E-state index in [1.807, 2.05) is 6.07 Å². The highest BCUT2D eigenvalue weighted by molar-refractivity contribution is 9.12. The fourth-order valence-corrected chi connectivity index (χ4v) is 0.0645. The summed E-state index contributed by atoms with van der Waals surface area (Å²) in [6, 6.07) is 1.89. The van der Waals surface area contributed by atoms with Crippen LogP contribution in [0.4, 0.5) is 0 Å². The quantitative estimate of drug-likeness (QED) is 0.478. The lowest BCUT2D eigenvalue weighted by Gasteiger charge is -1.67. The molecule has 0 saturated carbocycles. The highest BCUT2D eigenvalue weighted by Gasteiger charge is 1.74. The highest BCUT2D eigenvalue weighted by atomic mass is 79.9. The van der Waals surface area contributed by atoms with Gasteiger partial charge < -0.3 is 0 Å². The molecule has 0 aromatic heterocycles. The number of halogens is 1. The molecule has 0 aromatic rings. The Morgan fingerprint density at radius 1 is 2.00 bits per heavy atom. The van der Waals surface area contributed by atoms with Crippen molar-refractivity contribution in [2.45, 2.75) is 6.92 Å². The zero-order valence-corrected chi connectivity index (χ0v) is 4.99. The van der Waals surface area contributed by atoms with E-state index in [9.17, 15) is 0 Å². The van der Waals surface area contributed by atoms with Crippen LogP contribution in [-0.4, -0.2) is 0 Å². The number of nitriles is 1. The van der Waals surface area contributed by atoms with Gasteiger partial charge in [0.25, 0.3) is 0 Å². The van der Waals surface area contributed by atoms with Gasteiger partial charge in [0.05, 0.1) is 4.48 Å². The molecule has 0 bridgehead atoms. The summed E-state index contributed by atoms with van der Waals surface area (Å²) in [7, 11) is 0. The van der Waals surface area contributed by atoms with E-state index in [-0.39, 0.29) is 0 Å². The molecule has 0 aliphatic rings. The summed E-state index contributed by atoms with van der Waals surface area (Å²) in [5.41, 5.74) is 0. The predicted molar refractivity (Wildman–Crippen MR) is 28.3 cm³/mol. The summed E-state index contributed by atoms with van der Waals surface area (Å²) in [4.78, 5) is 0. The molecule has 0 fully saturated rings. The van der Waals surface area contributed by atoms with Crippen molar-refractivity contribution in [2.24, 2.45) is 0 Å². The second-order valence-electron chi connectivity index (χ2n) is 0.748. The average molecular weight is 146 g/mol. The standard InChI is InChI=1S/C4H4BrN/c1-2-4(5)3-6/h2H,1H3. The first-order valence-corrected chi connectivity index (χ1v) is 2.32. The van der Waals surface area contributed by atoms with Gasteiger partial charge in [0.2, 0.25) is 0 Å². The minimum atomic E-state index is 0.586. The average Bonchev–Trinajstić information content (AvgIpc) is 1.65. The minimum Gasteiger partial charge on any atom is -0.192 e. The molecule has 0 saturated heterocycles. The van der Waals surface area contributed by atoms with Gasteiger partial charge in [-0.25, -0.2) is 0 Å². The Balaban J connectivity index is 3.61. The molecule has 0 unspecified atom stereocenters. The Bertz CT molecular complexity index is 98.6. The Morgan fingerprint density at radius 2 is 2.50 bits per heavy atom. The Kier molecular flexibility index (Phi) is 2.78. The Hall–Kier alpha value is -0.290. The molecule has 0 radical (unpaired) electrons. The molecule has 0 rings (SSSR count). The highest BCUT2D eigenvalue weighted by Crippen LogP contribution is 1.98. The summed E-state index contributed by atoms with van der Waals surface area (Å²) in [5.74, 6) is 0. The molecule has 0 amide bonds. The molecule has 32 valence electrons. The normalized spacial score (nSPS) is 10.5. The van der Waals surface area contributed by atoms with E-state index in [1.165, 1.54) is 0 Å². The van der Waals surface area contributed by atoms with Gasteiger partial charge in [-0.1, -0.05) is 6.08 Å². The molecular weight excluding hydrogens is 142 g/mol. The van der Waals surface area contributed by atoms with Crippen molar-refractivity contribution >= 4 is 15.9 Å². The lowest BCUT2D eigenvalue weighted by atomic mass is 10.6. The maximum atomic E-state index is 7.97. The topological polar surface area (TPSA) is 23.8 Å². The fourth-order valence-electron chi connectivity index (χ4n) is 0.0645. The molecule has 0 N–H and O–H groups in total. The van der Waals surface area contributed by atoms with Crippen molar-refractivity contribution in [1.29, 1.82) is 5.26 Å². The van der Waals surface area contributed by atoms with Gasteiger partial charge in [-0.05, 0) is 22.9 Å². The summed E-state index contributed by atoms with van der Waals surface area (Å²) in [5, 5.41) is 7.97. The molecule has 2 heteroatoms. The fraction of sp³-hybridized carbons (Fsp3) is 0.250. The van der Waals surface area contributed by atoms with E-state index >= 15 is 0 Å². The smallest absolute Gasteiger partial charge is 0.106 e.